The van der Waals surface area contributed by atoms with Gasteiger partial charge in [0.05, 0.1) is 4.90 Å². The maximum absolute atomic E-state index is 12.1. The first-order valence-corrected chi connectivity index (χ1v) is 7.43. The van der Waals surface area contributed by atoms with Crippen molar-refractivity contribution in [2.45, 2.75) is 4.90 Å². The van der Waals surface area contributed by atoms with Crippen molar-refractivity contribution < 1.29 is 8.42 Å². The van der Waals surface area contributed by atoms with Crippen LogP contribution in [0.4, 0.5) is 0 Å². The fourth-order valence-corrected chi connectivity index (χ4v) is 3.89. The predicted molar refractivity (Wildman–Crippen MR) is 70.6 cm³/mol. The topological polar surface area (TPSA) is 49.4 Å². The minimum atomic E-state index is -3.57. The molecule has 0 aliphatic carbocycles. The van der Waals surface area contributed by atoms with Gasteiger partial charge in [0.1, 0.15) is 0 Å². The largest absolute Gasteiger partial charge is 0.364 e. The average molecular weight is 276 g/mol. The van der Waals surface area contributed by atoms with Gasteiger partial charge in [-0.05, 0) is 36.3 Å². The maximum Gasteiger partial charge on any atom is 0.275 e. The highest BCUT2D eigenvalue weighted by Crippen LogP contribution is 2.21. The van der Waals surface area contributed by atoms with Crippen molar-refractivity contribution >= 4 is 39.3 Å². The van der Waals surface area contributed by atoms with Crippen LogP contribution in [0, 0.1) is 0 Å². The molecule has 1 aromatic rings. The summed E-state index contributed by atoms with van der Waals surface area (Å²) in [6.07, 6.45) is 1.66. The lowest BCUT2D eigenvalue weighted by Gasteiger charge is -2.21. The Morgan fingerprint density at radius 3 is 2.38 bits per heavy atom. The summed E-state index contributed by atoms with van der Waals surface area (Å²) in [5, 5.41) is 2.81. The second kappa shape index (κ2) is 5.51. The Labute approximate surface area is 105 Å². The molecule has 0 heterocycles. The van der Waals surface area contributed by atoms with Gasteiger partial charge in [0.15, 0.2) is 5.11 Å². The summed E-state index contributed by atoms with van der Waals surface area (Å²) in [5.41, 5.74) is 0. The Balaban J connectivity index is 3.15. The molecule has 0 fully saturated rings. The normalized spacial score (nSPS) is 10.9. The van der Waals surface area contributed by atoms with Crippen LogP contribution in [0.1, 0.15) is 0 Å². The quantitative estimate of drug-likeness (QED) is 0.669. The van der Waals surface area contributed by atoms with Crippen LogP contribution in [0.15, 0.2) is 35.2 Å². The van der Waals surface area contributed by atoms with Gasteiger partial charge in [-0.3, -0.25) is 0 Å². The fraction of sp³-hybridized carbons (Fsp3) is 0.222. The first kappa shape index (κ1) is 13.3. The molecule has 0 saturated heterocycles. The molecule has 0 unspecified atom stereocenters. The van der Waals surface area contributed by atoms with Crippen LogP contribution in [0.25, 0.3) is 0 Å². The lowest BCUT2D eigenvalue weighted by molar-refractivity contribution is 0.576. The van der Waals surface area contributed by atoms with Crippen molar-refractivity contribution in [3.8, 4) is 0 Å². The van der Waals surface area contributed by atoms with E-state index in [9.17, 15) is 8.42 Å². The third kappa shape index (κ3) is 2.66. The molecule has 0 aromatic heterocycles. The molecule has 4 nitrogen and oxygen atoms in total. The van der Waals surface area contributed by atoms with E-state index in [4.69, 9.17) is 12.2 Å². The van der Waals surface area contributed by atoms with Crippen molar-refractivity contribution in [2.24, 2.45) is 0 Å². The van der Waals surface area contributed by atoms with Gasteiger partial charge >= 0.3 is 0 Å². The molecule has 0 spiro atoms. The Kier molecular flexibility index (Phi) is 4.57. The first-order valence-electron chi connectivity index (χ1n) is 4.40. The molecular weight excluding hydrogens is 264 g/mol. The standard InChI is InChI=1S/C9H12N2O2S3/c1-10-9(14)11(15-2)16(12,13)8-6-4-3-5-7-8/h3-7H,1-2H3,(H,10,14). The second-order valence-electron chi connectivity index (χ2n) is 2.78. The van der Waals surface area contributed by atoms with E-state index in [1.165, 1.54) is 12.1 Å². The summed E-state index contributed by atoms with van der Waals surface area (Å²) in [6.45, 7) is 0. The lowest BCUT2D eigenvalue weighted by atomic mass is 10.4. The molecule has 1 aromatic carbocycles. The number of sulfonamides is 1. The zero-order chi connectivity index (χ0) is 12.2. The number of nitrogens with zero attached hydrogens (tertiary/aromatic N) is 1. The zero-order valence-corrected chi connectivity index (χ0v) is 11.3. The molecule has 0 bridgehead atoms. The Hall–Kier alpha value is -0.790. The molecule has 0 atom stereocenters. The van der Waals surface area contributed by atoms with E-state index >= 15 is 0 Å². The van der Waals surface area contributed by atoms with Crippen molar-refractivity contribution in [3.05, 3.63) is 30.3 Å². The van der Waals surface area contributed by atoms with Gasteiger partial charge < -0.3 is 5.32 Å². The van der Waals surface area contributed by atoms with Crippen LogP contribution in [0.5, 0.6) is 0 Å². The SMILES string of the molecule is CNC(=S)N(SC)S(=O)(=O)c1ccccc1. The van der Waals surface area contributed by atoms with E-state index in [-0.39, 0.29) is 10.0 Å². The summed E-state index contributed by atoms with van der Waals surface area (Å²) in [5.74, 6) is 0. The third-order valence-corrected chi connectivity index (χ3v) is 5.46. The van der Waals surface area contributed by atoms with Crippen LogP contribution in [-0.2, 0) is 10.0 Å². The van der Waals surface area contributed by atoms with Gasteiger partial charge in [-0.1, -0.05) is 18.2 Å². The van der Waals surface area contributed by atoms with Crippen molar-refractivity contribution in [1.82, 2.24) is 9.03 Å². The minimum Gasteiger partial charge on any atom is -0.364 e. The van der Waals surface area contributed by atoms with Gasteiger partial charge in [-0.2, -0.15) is 3.71 Å². The molecule has 7 heteroatoms. The molecular formula is C9H12N2O2S3. The van der Waals surface area contributed by atoms with Gasteiger partial charge in [0.25, 0.3) is 10.0 Å². The number of rotatable bonds is 3. The van der Waals surface area contributed by atoms with Crippen LogP contribution in [-0.4, -0.2) is 30.5 Å². The molecule has 1 N–H and O–H groups in total. The Bertz CT molecular complexity index is 459. The molecule has 88 valence electrons. The summed E-state index contributed by atoms with van der Waals surface area (Å²) < 4.78 is 25.4. The fourth-order valence-electron chi connectivity index (χ4n) is 1.07. The zero-order valence-electron chi connectivity index (χ0n) is 8.88. The third-order valence-electron chi connectivity index (χ3n) is 1.80. The molecule has 16 heavy (non-hydrogen) atoms. The van der Waals surface area contributed by atoms with Crippen LogP contribution >= 0.6 is 24.2 Å². The monoisotopic (exact) mass is 276 g/mol. The highest BCUT2D eigenvalue weighted by molar-refractivity contribution is 8.09. The van der Waals surface area contributed by atoms with E-state index in [1.54, 1.807) is 31.5 Å². The minimum absolute atomic E-state index is 0.163. The molecule has 0 saturated carbocycles. The van der Waals surface area contributed by atoms with E-state index in [0.717, 1.165) is 15.7 Å². The van der Waals surface area contributed by atoms with Crippen molar-refractivity contribution in [3.63, 3.8) is 0 Å². The molecule has 0 aliphatic heterocycles. The van der Waals surface area contributed by atoms with Crippen LogP contribution < -0.4 is 5.32 Å². The van der Waals surface area contributed by atoms with Crippen molar-refractivity contribution in [2.75, 3.05) is 13.3 Å². The number of thiocarbonyl (C=S) groups is 1. The van der Waals surface area contributed by atoms with Gasteiger partial charge in [-0.25, -0.2) is 8.42 Å². The molecule has 1 rings (SSSR count). The average Bonchev–Trinajstić information content (AvgIpc) is 2.30. The highest BCUT2D eigenvalue weighted by atomic mass is 32.3. The Morgan fingerprint density at radius 2 is 1.94 bits per heavy atom. The van der Waals surface area contributed by atoms with Gasteiger partial charge in [0.2, 0.25) is 0 Å². The number of hydrogen-bond acceptors (Lipinski definition) is 4. The second-order valence-corrected chi connectivity index (χ2v) is 5.92. The molecule has 0 aliphatic rings. The Morgan fingerprint density at radius 1 is 1.38 bits per heavy atom. The number of benzene rings is 1. The highest BCUT2D eigenvalue weighted by Gasteiger charge is 2.25. The summed E-state index contributed by atoms with van der Waals surface area (Å²) >= 11 is 5.98. The number of hydrogen-bond donors (Lipinski definition) is 1. The van der Waals surface area contributed by atoms with E-state index in [1.807, 2.05) is 0 Å². The van der Waals surface area contributed by atoms with E-state index in [2.05, 4.69) is 5.32 Å². The van der Waals surface area contributed by atoms with Gasteiger partial charge in [0, 0.05) is 13.3 Å². The first-order chi connectivity index (χ1) is 7.54. The summed E-state index contributed by atoms with van der Waals surface area (Å²) in [4.78, 5) is 0.224. The summed E-state index contributed by atoms with van der Waals surface area (Å²) in [7, 11) is -1.98. The van der Waals surface area contributed by atoms with Crippen molar-refractivity contribution in [1.29, 1.82) is 0 Å². The smallest absolute Gasteiger partial charge is 0.275 e. The summed E-state index contributed by atoms with van der Waals surface area (Å²) in [6, 6.07) is 8.19. The van der Waals surface area contributed by atoms with E-state index < -0.39 is 10.0 Å². The van der Waals surface area contributed by atoms with Crippen LogP contribution in [0.3, 0.4) is 0 Å². The van der Waals surface area contributed by atoms with E-state index in [0.29, 0.717) is 0 Å². The lowest BCUT2D eigenvalue weighted by Crippen LogP contribution is -2.37. The van der Waals surface area contributed by atoms with Crippen LogP contribution in [0.2, 0.25) is 0 Å². The molecule has 0 radical (unpaired) electrons. The molecule has 0 amide bonds. The van der Waals surface area contributed by atoms with Gasteiger partial charge in [-0.15, -0.1) is 0 Å². The number of nitrogens with one attached hydrogen (secondary N) is 1. The predicted octanol–water partition coefficient (Wildman–Crippen LogP) is 1.46. The maximum atomic E-state index is 12.1.